The highest BCUT2D eigenvalue weighted by Crippen LogP contribution is 2.38. The second kappa shape index (κ2) is 6.23. The second-order valence-corrected chi connectivity index (χ2v) is 6.38. The van der Waals surface area contributed by atoms with Crippen molar-refractivity contribution in [1.82, 2.24) is 0 Å². The van der Waals surface area contributed by atoms with Gasteiger partial charge in [0.25, 0.3) is 0 Å². The van der Waals surface area contributed by atoms with Crippen molar-refractivity contribution < 1.29 is 29.0 Å². The number of carbonyl (C=O) groups excluding carboxylic acids is 1. The molecule has 2 aromatic carbocycles. The first-order valence-corrected chi connectivity index (χ1v) is 8.07. The summed E-state index contributed by atoms with van der Waals surface area (Å²) in [5, 5.41) is 8.81. The summed E-state index contributed by atoms with van der Waals surface area (Å²) in [5.74, 6) is -1.36. The maximum absolute atomic E-state index is 12.2. The topological polar surface area (TPSA) is 112 Å². The molecule has 2 rings (SSSR count). The number of carboxylic acids is 1. The zero-order chi connectivity index (χ0) is 16.3. The smallest absolute Gasteiger partial charge is 0.335 e. The van der Waals surface area contributed by atoms with Crippen LogP contribution in [-0.4, -0.2) is 26.6 Å². The van der Waals surface area contributed by atoms with Crippen LogP contribution in [0.2, 0.25) is 0 Å². The fourth-order valence-corrected chi connectivity index (χ4v) is 2.62. The predicted molar refractivity (Wildman–Crippen MR) is 79.0 cm³/mol. The van der Waals surface area contributed by atoms with Crippen LogP contribution in [0.5, 0.6) is 0 Å². The second-order valence-electron chi connectivity index (χ2n) is 4.73. The van der Waals surface area contributed by atoms with Crippen LogP contribution in [0.4, 0.5) is 0 Å². The van der Waals surface area contributed by atoms with Crippen LogP contribution >= 0.6 is 7.60 Å². The lowest BCUT2D eigenvalue weighted by Gasteiger charge is -2.06. The monoisotopic (exact) mass is 320 g/mol. The van der Waals surface area contributed by atoms with Gasteiger partial charge in [0.1, 0.15) is 0 Å². The summed E-state index contributed by atoms with van der Waals surface area (Å²) in [6.07, 6.45) is -0.380. The molecule has 0 aliphatic rings. The van der Waals surface area contributed by atoms with E-state index in [0.717, 1.165) is 0 Å². The van der Waals surface area contributed by atoms with E-state index in [-0.39, 0.29) is 17.5 Å². The minimum absolute atomic E-state index is 0.0912. The molecule has 0 aliphatic heterocycles. The summed E-state index contributed by atoms with van der Waals surface area (Å²) >= 11 is 0. The highest BCUT2D eigenvalue weighted by molar-refractivity contribution is 7.50. The van der Waals surface area contributed by atoms with E-state index in [1.54, 1.807) is 0 Å². The van der Waals surface area contributed by atoms with E-state index in [0.29, 0.717) is 16.7 Å². The number of hydrogen-bond acceptors (Lipinski definition) is 3. The Hall–Kier alpha value is -2.27. The molecule has 0 saturated carbocycles. The van der Waals surface area contributed by atoms with Gasteiger partial charge in [-0.2, -0.15) is 0 Å². The SMILES string of the molecule is O=C(O)c1ccc(C(=O)c2ccc(CP(=O)(O)O)cc2)cc1. The summed E-state index contributed by atoms with van der Waals surface area (Å²) in [5.41, 5.74) is 1.23. The van der Waals surface area contributed by atoms with E-state index in [2.05, 4.69) is 0 Å². The predicted octanol–water partition coefficient (Wildman–Crippen LogP) is 2.29. The summed E-state index contributed by atoms with van der Waals surface area (Å²) < 4.78 is 10.9. The van der Waals surface area contributed by atoms with E-state index in [9.17, 15) is 14.2 Å². The minimum Gasteiger partial charge on any atom is -0.478 e. The minimum atomic E-state index is -4.14. The van der Waals surface area contributed by atoms with Crippen LogP contribution in [0, 0.1) is 0 Å². The number of carboxylic acid groups (broad SMARTS) is 1. The molecule has 0 aromatic heterocycles. The molecule has 0 saturated heterocycles. The van der Waals surface area contributed by atoms with Gasteiger partial charge in [-0.25, -0.2) is 4.79 Å². The van der Waals surface area contributed by atoms with Gasteiger partial charge in [-0.05, 0) is 17.7 Å². The van der Waals surface area contributed by atoms with Crippen molar-refractivity contribution in [3.63, 3.8) is 0 Å². The molecule has 0 bridgehead atoms. The van der Waals surface area contributed by atoms with Crippen LogP contribution < -0.4 is 0 Å². The third kappa shape index (κ3) is 4.11. The number of hydrogen-bond donors (Lipinski definition) is 3. The van der Waals surface area contributed by atoms with E-state index in [1.165, 1.54) is 48.5 Å². The first-order chi connectivity index (χ1) is 10.3. The third-order valence-corrected chi connectivity index (χ3v) is 3.78. The Labute approximate surface area is 126 Å². The first-order valence-electron chi connectivity index (χ1n) is 6.28. The Kier molecular flexibility index (Phi) is 4.56. The van der Waals surface area contributed by atoms with Crippen molar-refractivity contribution in [2.24, 2.45) is 0 Å². The molecule has 0 heterocycles. The highest BCUT2D eigenvalue weighted by atomic mass is 31.2. The molecule has 7 heteroatoms. The van der Waals surface area contributed by atoms with Crippen molar-refractivity contribution in [2.45, 2.75) is 6.16 Å². The van der Waals surface area contributed by atoms with E-state index in [1.807, 2.05) is 0 Å². The third-order valence-electron chi connectivity index (χ3n) is 3.00. The van der Waals surface area contributed by atoms with E-state index in [4.69, 9.17) is 14.9 Å². The van der Waals surface area contributed by atoms with Crippen molar-refractivity contribution in [3.05, 3.63) is 70.8 Å². The summed E-state index contributed by atoms with van der Waals surface area (Å²) in [7, 11) is -4.14. The molecule has 114 valence electrons. The average Bonchev–Trinajstić information content (AvgIpc) is 2.46. The Balaban J connectivity index is 2.19. The van der Waals surface area contributed by atoms with Gasteiger partial charge in [0.15, 0.2) is 5.78 Å². The summed E-state index contributed by atoms with van der Waals surface area (Å²) in [4.78, 5) is 40.8. The normalized spacial score (nSPS) is 11.2. The van der Waals surface area contributed by atoms with Crippen molar-refractivity contribution in [3.8, 4) is 0 Å². The molecule has 0 fully saturated rings. The van der Waals surface area contributed by atoms with Crippen LogP contribution in [0.1, 0.15) is 31.8 Å². The van der Waals surface area contributed by atoms with Crippen molar-refractivity contribution in [1.29, 1.82) is 0 Å². The molecule has 6 nitrogen and oxygen atoms in total. The van der Waals surface area contributed by atoms with Gasteiger partial charge in [0, 0.05) is 11.1 Å². The fraction of sp³-hybridized carbons (Fsp3) is 0.0667. The first kappa shape index (κ1) is 16.1. The molecule has 0 amide bonds. The lowest BCUT2D eigenvalue weighted by molar-refractivity contribution is 0.0696. The van der Waals surface area contributed by atoms with Crippen molar-refractivity contribution in [2.75, 3.05) is 0 Å². The molecule has 0 spiro atoms. The Morgan fingerprint density at radius 2 is 1.23 bits per heavy atom. The number of ketones is 1. The molecule has 22 heavy (non-hydrogen) atoms. The highest BCUT2D eigenvalue weighted by Gasteiger charge is 2.15. The number of aromatic carboxylic acids is 1. The zero-order valence-corrected chi connectivity index (χ0v) is 12.2. The largest absolute Gasteiger partial charge is 0.478 e. The van der Waals surface area contributed by atoms with E-state index >= 15 is 0 Å². The lowest BCUT2D eigenvalue weighted by atomic mass is 10.0. The van der Waals surface area contributed by atoms with Crippen LogP contribution in [0.3, 0.4) is 0 Å². The molecule has 0 atom stereocenters. The fourth-order valence-electron chi connectivity index (χ4n) is 1.93. The molecule has 3 N–H and O–H groups in total. The number of carbonyl (C=O) groups is 2. The summed E-state index contributed by atoms with van der Waals surface area (Å²) in [6, 6.07) is 11.5. The zero-order valence-electron chi connectivity index (χ0n) is 11.3. The van der Waals surface area contributed by atoms with Gasteiger partial charge in [0.05, 0.1) is 11.7 Å². The molecule has 0 aliphatic carbocycles. The van der Waals surface area contributed by atoms with Gasteiger partial charge in [-0.15, -0.1) is 0 Å². The summed E-state index contributed by atoms with van der Waals surface area (Å²) in [6.45, 7) is 0. The standard InChI is InChI=1S/C15H13O6P/c16-14(12-5-7-13(8-6-12)15(17)18)11-3-1-10(2-4-11)9-22(19,20)21/h1-8H,9H2,(H,17,18)(H2,19,20,21). The average molecular weight is 320 g/mol. The Morgan fingerprint density at radius 1 is 0.818 bits per heavy atom. The number of rotatable bonds is 5. The number of benzene rings is 2. The quantitative estimate of drug-likeness (QED) is 0.575. The lowest BCUT2D eigenvalue weighted by Crippen LogP contribution is -2.03. The Bertz CT molecular complexity index is 743. The maximum atomic E-state index is 12.2. The van der Waals surface area contributed by atoms with Gasteiger partial charge in [0.2, 0.25) is 0 Å². The molecule has 2 aromatic rings. The van der Waals surface area contributed by atoms with Gasteiger partial charge < -0.3 is 14.9 Å². The van der Waals surface area contributed by atoms with Gasteiger partial charge >= 0.3 is 13.6 Å². The molecule has 0 radical (unpaired) electrons. The van der Waals surface area contributed by atoms with E-state index < -0.39 is 13.6 Å². The van der Waals surface area contributed by atoms with Crippen molar-refractivity contribution >= 4 is 19.3 Å². The van der Waals surface area contributed by atoms with Crippen LogP contribution in [0.25, 0.3) is 0 Å². The molecular weight excluding hydrogens is 307 g/mol. The molecule has 0 unspecified atom stereocenters. The van der Waals surface area contributed by atoms with Gasteiger partial charge in [-0.1, -0.05) is 36.4 Å². The maximum Gasteiger partial charge on any atom is 0.335 e. The van der Waals surface area contributed by atoms with Crippen LogP contribution in [-0.2, 0) is 10.7 Å². The van der Waals surface area contributed by atoms with Crippen LogP contribution in [0.15, 0.2) is 48.5 Å². The molecular formula is C15H13O6P. The van der Waals surface area contributed by atoms with Gasteiger partial charge in [-0.3, -0.25) is 9.36 Å². The Morgan fingerprint density at radius 3 is 1.64 bits per heavy atom.